The summed E-state index contributed by atoms with van der Waals surface area (Å²) in [6.45, 7) is 1.55. The largest absolute Gasteiger partial charge is 0.469 e. The van der Waals surface area contributed by atoms with Gasteiger partial charge in [0.1, 0.15) is 6.10 Å². The van der Waals surface area contributed by atoms with Crippen molar-refractivity contribution in [1.29, 1.82) is 0 Å². The summed E-state index contributed by atoms with van der Waals surface area (Å²) < 4.78 is 25.0. The zero-order valence-corrected chi connectivity index (χ0v) is 15.1. The summed E-state index contributed by atoms with van der Waals surface area (Å²) in [5.41, 5.74) is 0. The van der Waals surface area contributed by atoms with Crippen molar-refractivity contribution in [3.63, 3.8) is 0 Å². The molecule has 4 atom stereocenters. The van der Waals surface area contributed by atoms with Crippen LogP contribution in [-0.4, -0.2) is 62.6 Å². The van der Waals surface area contributed by atoms with Gasteiger partial charge in [0.15, 0.2) is 12.2 Å². The topological polar surface area (TPSA) is 144 Å². The number of carbonyl (C=O) groups is 4. The van der Waals surface area contributed by atoms with Gasteiger partial charge in [0.2, 0.25) is 6.29 Å². The highest BCUT2D eigenvalue weighted by atomic mass is 16.7. The highest BCUT2D eigenvalue weighted by Crippen LogP contribution is 2.27. The Morgan fingerprint density at radius 3 is 2.41 bits per heavy atom. The van der Waals surface area contributed by atoms with E-state index in [1.165, 1.54) is 20.3 Å². The molecule has 1 aliphatic heterocycles. The Morgan fingerprint density at radius 1 is 1.15 bits per heavy atom. The molecule has 150 valence electrons. The first kappa shape index (κ1) is 22.4. The van der Waals surface area contributed by atoms with Gasteiger partial charge >= 0.3 is 23.8 Å². The number of ether oxygens (including phenoxy) is 5. The Bertz CT molecular complexity index is 602. The lowest BCUT2D eigenvalue weighted by atomic mass is 10.00. The molecule has 1 fully saturated rings. The van der Waals surface area contributed by atoms with Crippen LogP contribution in [-0.2, 0) is 42.9 Å². The standard InChI is InChI=1S/C16H21NO10/c1-4-10(18)26-14-9(23-2)8-13(27-15(14)16(21)17-22)25-12(20)7-5-6-11(19)24-3/h5,7,9,13-15H,4,6,8H2,1-3H3/b7-5+/t9?,13-,14-,15?/m0/s1. The molecular weight excluding hydrogens is 366 g/mol. The molecule has 2 unspecified atom stereocenters. The molecule has 0 spiro atoms. The molecule has 1 amide bonds. The van der Waals surface area contributed by atoms with Crippen molar-refractivity contribution in [2.75, 3.05) is 14.2 Å². The van der Waals surface area contributed by atoms with Crippen LogP contribution in [0.1, 0.15) is 26.2 Å². The lowest BCUT2D eigenvalue weighted by Gasteiger charge is -2.38. The first-order valence-electron chi connectivity index (χ1n) is 8.05. The minimum atomic E-state index is -1.58. The van der Waals surface area contributed by atoms with Crippen LogP contribution in [0.15, 0.2) is 17.3 Å². The zero-order valence-electron chi connectivity index (χ0n) is 15.1. The molecule has 1 heterocycles. The average molecular weight is 387 g/mol. The van der Waals surface area contributed by atoms with Crippen LogP contribution in [0.2, 0.25) is 0 Å². The van der Waals surface area contributed by atoms with Gasteiger partial charge in [-0.3, -0.25) is 14.4 Å². The molecule has 0 aromatic heterocycles. The number of hydrogen-bond acceptors (Lipinski definition) is 10. The summed E-state index contributed by atoms with van der Waals surface area (Å²) in [4.78, 5) is 56.7. The van der Waals surface area contributed by atoms with Gasteiger partial charge in [-0.05, 0) is 0 Å². The van der Waals surface area contributed by atoms with Crippen LogP contribution in [0.3, 0.4) is 0 Å². The number of amides is 1. The van der Waals surface area contributed by atoms with E-state index in [0.717, 1.165) is 6.08 Å². The van der Waals surface area contributed by atoms with Gasteiger partial charge in [0, 0.05) is 31.2 Å². The van der Waals surface area contributed by atoms with E-state index < -0.39 is 48.4 Å². The lowest BCUT2D eigenvalue weighted by molar-refractivity contribution is -0.248. The second kappa shape index (κ2) is 11.1. The summed E-state index contributed by atoms with van der Waals surface area (Å²) in [6, 6.07) is 0. The summed E-state index contributed by atoms with van der Waals surface area (Å²) in [5.74, 6) is -3.26. The molecular formula is C16H21NO10. The zero-order chi connectivity index (χ0) is 20.4. The van der Waals surface area contributed by atoms with E-state index in [1.807, 2.05) is 0 Å². The third kappa shape index (κ3) is 6.87. The number of rotatable bonds is 8. The van der Waals surface area contributed by atoms with Gasteiger partial charge < -0.3 is 23.7 Å². The molecule has 0 aromatic rings. The van der Waals surface area contributed by atoms with Gasteiger partial charge in [-0.25, -0.2) is 4.79 Å². The molecule has 11 heteroatoms. The molecule has 0 aromatic carbocycles. The second-order valence-corrected chi connectivity index (χ2v) is 5.35. The Balaban J connectivity index is 2.83. The van der Waals surface area contributed by atoms with E-state index >= 15 is 0 Å². The maximum Gasteiger partial charge on any atom is 0.332 e. The highest BCUT2D eigenvalue weighted by Gasteiger charge is 2.47. The molecule has 0 bridgehead atoms. The number of nitrogens with zero attached hydrogens (tertiary/aromatic N) is 1. The van der Waals surface area contributed by atoms with Crippen molar-refractivity contribution < 1.29 is 42.9 Å². The summed E-state index contributed by atoms with van der Waals surface area (Å²) in [5, 5.41) is 2.29. The number of methoxy groups -OCH3 is 2. The molecule has 0 N–H and O–H groups in total. The average Bonchev–Trinajstić information content (AvgIpc) is 2.67. The van der Waals surface area contributed by atoms with Crippen molar-refractivity contribution in [1.82, 2.24) is 0 Å². The smallest absolute Gasteiger partial charge is 0.332 e. The van der Waals surface area contributed by atoms with Crippen LogP contribution in [0.25, 0.3) is 0 Å². The fraction of sp³-hybridized carbons (Fsp3) is 0.625. The molecule has 0 aliphatic carbocycles. The molecule has 0 radical (unpaired) electrons. The molecule has 1 saturated heterocycles. The predicted molar refractivity (Wildman–Crippen MR) is 86.9 cm³/mol. The van der Waals surface area contributed by atoms with E-state index in [0.29, 0.717) is 0 Å². The van der Waals surface area contributed by atoms with Gasteiger partial charge in [-0.1, -0.05) is 13.0 Å². The summed E-state index contributed by atoms with van der Waals surface area (Å²) in [6.07, 6.45) is -2.86. The highest BCUT2D eigenvalue weighted by molar-refractivity contribution is 5.84. The van der Waals surface area contributed by atoms with Gasteiger partial charge in [0.05, 0.1) is 13.5 Å². The van der Waals surface area contributed by atoms with Gasteiger partial charge in [-0.2, -0.15) is 0 Å². The van der Waals surface area contributed by atoms with Crippen LogP contribution >= 0.6 is 0 Å². The Kier molecular flexibility index (Phi) is 9.23. The van der Waals surface area contributed by atoms with Crippen molar-refractivity contribution >= 4 is 23.8 Å². The van der Waals surface area contributed by atoms with Crippen molar-refractivity contribution in [3.8, 4) is 0 Å². The van der Waals surface area contributed by atoms with Crippen molar-refractivity contribution in [2.45, 2.75) is 50.8 Å². The van der Waals surface area contributed by atoms with E-state index in [-0.39, 0.29) is 19.3 Å². The normalized spacial score (nSPS) is 24.9. The molecule has 27 heavy (non-hydrogen) atoms. The Morgan fingerprint density at radius 2 is 1.85 bits per heavy atom. The summed E-state index contributed by atoms with van der Waals surface area (Å²) in [7, 11) is 2.50. The molecule has 1 aliphatic rings. The second-order valence-electron chi connectivity index (χ2n) is 5.35. The number of hydrogen-bond donors (Lipinski definition) is 0. The van der Waals surface area contributed by atoms with Gasteiger partial charge in [0.25, 0.3) is 0 Å². The van der Waals surface area contributed by atoms with E-state index in [1.54, 1.807) is 6.92 Å². The predicted octanol–water partition coefficient (Wildman–Crippen LogP) is 0.394. The molecule has 1 rings (SSSR count). The lowest BCUT2D eigenvalue weighted by Crippen LogP contribution is -2.54. The minimum absolute atomic E-state index is 0.0335. The number of nitroso groups, excluding NO2 is 1. The third-order valence-electron chi connectivity index (χ3n) is 3.59. The fourth-order valence-corrected chi connectivity index (χ4v) is 2.25. The molecule has 0 saturated carbocycles. The Hall–Kier alpha value is -2.66. The van der Waals surface area contributed by atoms with Gasteiger partial charge in [-0.15, -0.1) is 4.91 Å². The van der Waals surface area contributed by atoms with E-state index in [4.69, 9.17) is 18.9 Å². The molecule has 11 nitrogen and oxygen atoms in total. The van der Waals surface area contributed by atoms with Crippen molar-refractivity contribution in [2.24, 2.45) is 5.18 Å². The maximum atomic E-state index is 11.8. The van der Waals surface area contributed by atoms with Crippen molar-refractivity contribution in [3.05, 3.63) is 17.1 Å². The monoisotopic (exact) mass is 387 g/mol. The van der Waals surface area contributed by atoms with E-state index in [9.17, 15) is 24.1 Å². The maximum absolute atomic E-state index is 11.8. The van der Waals surface area contributed by atoms with Crippen LogP contribution < -0.4 is 0 Å². The first-order valence-corrected chi connectivity index (χ1v) is 8.05. The number of esters is 3. The quantitative estimate of drug-likeness (QED) is 0.248. The van der Waals surface area contributed by atoms with Crippen LogP contribution in [0.5, 0.6) is 0 Å². The fourth-order valence-electron chi connectivity index (χ4n) is 2.25. The Labute approximate surface area is 154 Å². The summed E-state index contributed by atoms with van der Waals surface area (Å²) >= 11 is 0. The van der Waals surface area contributed by atoms with Crippen LogP contribution in [0, 0.1) is 4.91 Å². The first-order chi connectivity index (χ1) is 12.9. The minimum Gasteiger partial charge on any atom is -0.469 e. The number of carbonyl (C=O) groups excluding carboxylic acids is 4. The SMILES string of the molecule is CCC(=O)O[C@H]1C(OC)C[C@@H](OC(=O)/C=C/CC(=O)OC)OC1C(=O)N=O. The third-order valence-corrected chi connectivity index (χ3v) is 3.59. The van der Waals surface area contributed by atoms with Crippen LogP contribution in [0.4, 0.5) is 0 Å². The van der Waals surface area contributed by atoms with E-state index in [2.05, 4.69) is 9.91 Å².